The van der Waals surface area contributed by atoms with Gasteiger partial charge in [-0.15, -0.1) is 0 Å². The standard InChI is InChI=1S/C50H34N4SeSi/c1-6-17-36(18-7-1)47-52-48(54-49(53-47)39-30-29-35-31-32-45-46(44(35)34-39)55-50(51-45)37-19-8-2-9-20-37)38-21-16-28-43(33-38)56(40-22-10-3-11-23-40,41-24-12-4-13-25-41)42-26-14-5-15-27-42/h1-34H. The van der Waals surface area contributed by atoms with Gasteiger partial charge in [-0.2, -0.15) is 0 Å². The number of benzene rings is 8. The normalized spacial score (nSPS) is 11.6. The van der Waals surface area contributed by atoms with E-state index in [9.17, 15) is 0 Å². The molecule has 0 aliphatic rings. The molecule has 264 valence electrons. The summed E-state index contributed by atoms with van der Waals surface area (Å²) in [6.07, 6.45) is 0. The van der Waals surface area contributed by atoms with Gasteiger partial charge in [0.1, 0.15) is 0 Å². The molecule has 6 heteroatoms. The fourth-order valence-electron chi connectivity index (χ4n) is 7.85. The van der Waals surface area contributed by atoms with E-state index in [1.54, 1.807) is 0 Å². The Morgan fingerprint density at radius 1 is 0.339 bits per heavy atom. The van der Waals surface area contributed by atoms with Crippen LogP contribution in [0, 0.1) is 0 Å². The average molecular weight is 798 g/mol. The van der Waals surface area contributed by atoms with Crippen molar-refractivity contribution in [2.45, 2.75) is 0 Å². The Morgan fingerprint density at radius 2 is 0.786 bits per heavy atom. The fourth-order valence-corrected chi connectivity index (χ4v) is 15.0. The summed E-state index contributed by atoms with van der Waals surface area (Å²) in [5.41, 5.74) is 5.08. The quantitative estimate of drug-likeness (QED) is 0.114. The Labute approximate surface area is 332 Å². The zero-order chi connectivity index (χ0) is 37.3. The van der Waals surface area contributed by atoms with Crippen molar-refractivity contribution >= 4 is 63.9 Å². The Kier molecular flexibility index (Phi) is 8.85. The average Bonchev–Trinajstić information content (AvgIpc) is 3.74. The second kappa shape index (κ2) is 14.6. The van der Waals surface area contributed by atoms with E-state index in [0.717, 1.165) is 26.8 Å². The van der Waals surface area contributed by atoms with Crippen LogP contribution < -0.4 is 20.7 Å². The molecule has 0 saturated heterocycles. The molecule has 0 aliphatic carbocycles. The summed E-state index contributed by atoms with van der Waals surface area (Å²) < 4.78 is 2.45. The van der Waals surface area contributed by atoms with Crippen molar-refractivity contribution in [3.63, 3.8) is 0 Å². The molecule has 56 heavy (non-hydrogen) atoms. The van der Waals surface area contributed by atoms with Gasteiger partial charge in [-0.1, -0.05) is 91.0 Å². The first-order valence-electron chi connectivity index (χ1n) is 18.7. The van der Waals surface area contributed by atoms with E-state index in [1.807, 2.05) is 18.2 Å². The number of hydrogen-bond acceptors (Lipinski definition) is 4. The van der Waals surface area contributed by atoms with Gasteiger partial charge in [0.2, 0.25) is 0 Å². The molecular formula is C50H34N4SeSi. The number of fused-ring (bicyclic) bond motifs is 3. The van der Waals surface area contributed by atoms with Crippen LogP contribution in [-0.4, -0.2) is 42.5 Å². The van der Waals surface area contributed by atoms with Crippen LogP contribution in [0.2, 0.25) is 0 Å². The minimum absolute atomic E-state index is 0.0708. The first kappa shape index (κ1) is 34.0. The zero-order valence-electron chi connectivity index (χ0n) is 30.3. The molecule has 0 atom stereocenters. The van der Waals surface area contributed by atoms with E-state index < -0.39 is 8.07 Å². The molecule has 0 saturated carbocycles. The van der Waals surface area contributed by atoms with Gasteiger partial charge in [0.05, 0.1) is 0 Å². The molecular weight excluding hydrogens is 764 g/mol. The summed E-state index contributed by atoms with van der Waals surface area (Å²) in [5, 5.41) is 7.61. The first-order chi connectivity index (χ1) is 27.7. The van der Waals surface area contributed by atoms with Crippen LogP contribution in [0.1, 0.15) is 0 Å². The molecule has 0 N–H and O–H groups in total. The zero-order valence-corrected chi connectivity index (χ0v) is 33.0. The monoisotopic (exact) mass is 798 g/mol. The van der Waals surface area contributed by atoms with Gasteiger partial charge in [-0.05, 0) is 0 Å². The van der Waals surface area contributed by atoms with E-state index in [1.165, 1.54) is 41.3 Å². The van der Waals surface area contributed by atoms with Gasteiger partial charge in [0.25, 0.3) is 0 Å². The summed E-state index contributed by atoms with van der Waals surface area (Å²) in [7, 11) is -2.77. The molecule has 0 unspecified atom stereocenters. The molecule has 0 aliphatic heterocycles. The maximum absolute atomic E-state index is 5.27. The number of hydrogen-bond donors (Lipinski definition) is 0. The number of rotatable bonds is 8. The third-order valence-corrected chi connectivity index (χ3v) is 17.7. The van der Waals surface area contributed by atoms with E-state index in [-0.39, 0.29) is 14.5 Å². The van der Waals surface area contributed by atoms with E-state index >= 15 is 0 Å². The summed E-state index contributed by atoms with van der Waals surface area (Å²) in [6, 6.07) is 73.6. The molecule has 2 aromatic heterocycles. The summed E-state index contributed by atoms with van der Waals surface area (Å²) in [5.74, 6) is 1.93. The molecule has 0 amide bonds. The second-order valence-corrected chi connectivity index (χ2v) is 19.7. The Balaban J connectivity index is 1.17. The predicted molar refractivity (Wildman–Crippen MR) is 235 cm³/mol. The molecule has 8 aromatic carbocycles. The van der Waals surface area contributed by atoms with Crippen LogP contribution in [-0.2, 0) is 0 Å². The minimum atomic E-state index is -2.77. The van der Waals surface area contributed by atoms with Crippen molar-refractivity contribution in [3.8, 4) is 44.3 Å². The SMILES string of the molecule is c1ccc(-c2nc(-c3cccc([Si](c4ccccc4)(c4ccccc4)c4ccccc4)c3)nc(-c3ccc4ccc5nc(-c6ccccc6)[se]c5c4c3)n2)cc1. The Morgan fingerprint density at radius 3 is 1.36 bits per heavy atom. The van der Waals surface area contributed by atoms with Crippen molar-refractivity contribution in [1.82, 2.24) is 19.9 Å². The second-order valence-electron chi connectivity index (χ2n) is 13.8. The summed E-state index contributed by atoms with van der Waals surface area (Å²) in [4.78, 5) is 20.7. The van der Waals surface area contributed by atoms with Crippen molar-refractivity contribution in [1.29, 1.82) is 0 Å². The molecule has 0 fully saturated rings. The van der Waals surface area contributed by atoms with Crippen molar-refractivity contribution in [2.75, 3.05) is 0 Å². The Bertz CT molecular complexity index is 2860. The molecule has 4 nitrogen and oxygen atoms in total. The third kappa shape index (κ3) is 6.11. The molecule has 0 spiro atoms. The van der Waals surface area contributed by atoms with Crippen LogP contribution in [0.25, 0.3) is 64.8 Å². The van der Waals surface area contributed by atoms with Gasteiger partial charge in [-0.25, -0.2) is 0 Å². The Hall–Kier alpha value is -6.56. The van der Waals surface area contributed by atoms with Crippen LogP contribution in [0.5, 0.6) is 0 Å². The van der Waals surface area contributed by atoms with Gasteiger partial charge in [-0.3, -0.25) is 0 Å². The van der Waals surface area contributed by atoms with Crippen molar-refractivity contribution in [3.05, 3.63) is 206 Å². The third-order valence-electron chi connectivity index (χ3n) is 10.5. The maximum atomic E-state index is 5.27. The van der Waals surface area contributed by atoms with Crippen LogP contribution >= 0.6 is 0 Å². The van der Waals surface area contributed by atoms with Gasteiger partial charge < -0.3 is 0 Å². The molecule has 10 aromatic rings. The van der Waals surface area contributed by atoms with E-state index in [2.05, 4.69) is 188 Å². The first-order valence-corrected chi connectivity index (χ1v) is 22.4. The summed E-state index contributed by atoms with van der Waals surface area (Å²) >= 11 is 0.0708. The number of aromatic nitrogens is 4. The van der Waals surface area contributed by atoms with Crippen molar-refractivity contribution < 1.29 is 0 Å². The van der Waals surface area contributed by atoms with E-state index in [4.69, 9.17) is 19.9 Å². The predicted octanol–water partition coefficient (Wildman–Crippen LogP) is 8.68. The van der Waals surface area contributed by atoms with Crippen LogP contribution in [0.4, 0.5) is 0 Å². The number of nitrogens with zero attached hydrogens (tertiary/aromatic N) is 4. The van der Waals surface area contributed by atoms with Crippen molar-refractivity contribution in [2.24, 2.45) is 0 Å². The molecule has 2 heterocycles. The topological polar surface area (TPSA) is 51.6 Å². The summed E-state index contributed by atoms with van der Waals surface area (Å²) in [6.45, 7) is 0. The molecule has 10 rings (SSSR count). The van der Waals surface area contributed by atoms with Crippen LogP contribution in [0.3, 0.4) is 0 Å². The fraction of sp³-hybridized carbons (Fsp3) is 0. The molecule has 0 bridgehead atoms. The van der Waals surface area contributed by atoms with Gasteiger partial charge in [0.15, 0.2) is 0 Å². The molecule has 0 radical (unpaired) electrons. The van der Waals surface area contributed by atoms with Gasteiger partial charge >= 0.3 is 243 Å². The van der Waals surface area contributed by atoms with Gasteiger partial charge in [0, 0.05) is 0 Å². The van der Waals surface area contributed by atoms with Crippen LogP contribution in [0.15, 0.2) is 206 Å². The van der Waals surface area contributed by atoms with E-state index in [0.29, 0.717) is 17.5 Å².